The summed E-state index contributed by atoms with van der Waals surface area (Å²) in [4.78, 5) is 21.9. The van der Waals surface area contributed by atoms with E-state index in [9.17, 15) is 22.8 Å². The number of hydrogen-bond donors (Lipinski definition) is 3. The van der Waals surface area contributed by atoms with Crippen LogP contribution in [-0.4, -0.2) is 41.3 Å². The van der Waals surface area contributed by atoms with Crippen molar-refractivity contribution in [2.75, 3.05) is 6.54 Å². The molecule has 0 saturated heterocycles. The summed E-state index contributed by atoms with van der Waals surface area (Å²) in [6.07, 6.45) is -3.23. The number of carboxylic acid groups (broad SMARTS) is 1. The predicted octanol–water partition coefficient (Wildman–Crippen LogP) is 0.650. The lowest BCUT2D eigenvalue weighted by Crippen LogP contribution is -2.62. The van der Waals surface area contributed by atoms with Crippen molar-refractivity contribution < 1.29 is 27.9 Å². The van der Waals surface area contributed by atoms with Gasteiger partial charge in [0.25, 0.3) is 0 Å². The fourth-order valence-corrected chi connectivity index (χ4v) is 1.26. The highest BCUT2D eigenvalue weighted by molar-refractivity contribution is 5.87. The van der Waals surface area contributed by atoms with Gasteiger partial charge in [0, 0.05) is 19.0 Å². The third-order valence-electron chi connectivity index (χ3n) is 2.75. The van der Waals surface area contributed by atoms with E-state index in [4.69, 9.17) is 5.11 Å². The van der Waals surface area contributed by atoms with Gasteiger partial charge in [0.05, 0.1) is 0 Å². The molecule has 0 radical (unpaired) electrons. The summed E-state index contributed by atoms with van der Waals surface area (Å²) in [5.74, 6) is -3.07. The van der Waals surface area contributed by atoms with E-state index in [1.54, 1.807) is 0 Å². The molecule has 1 aliphatic carbocycles. The van der Waals surface area contributed by atoms with Crippen molar-refractivity contribution in [2.24, 2.45) is 0 Å². The van der Waals surface area contributed by atoms with Gasteiger partial charge in [-0.1, -0.05) is 0 Å². The molecule has 8 heteroatoms. The van der Waals surface area contributed by atoms with Crippen molar-refractivity contribution in [1.29, 1.82) is 0 Å². The number of aliphatic carboxylic acids is 1. The Labute approximate surface area is 102 Å². The predicted molar refractivity (Wildman–Crippen MR) is 55.9 cm³/mol. The second-order valence-corrected chi connectivity index (χ2v) is 4.45. The molecule has 1 atom stereocenters. The second kappa shape index (κ2) is 5.13. The van der Waals surface area contributed by atoms with Crippen molar-refractivity contribution in [3.05, 3.63) is 0 Å². The fourth-order valence-electron chi connectivity index (χ4n) is 1.26. The monoisotopic (exact) mass is 268 g/mol. The molecule has 1 amide bonds. The lowest BCUT2D eigenvalue weighted by molar-refractivity contribution is -0.206. The molecule has 3 N–H and O–H groups in total. The lowest BCUT2D eigenvalue weighted by Gasteiger charge is -2.28. The molecule has 18 heavy (non-hydrogen) atoms. The Kier molecular flexibility index (Phi) is 4.20. The fraction of sp³-hybridized carbons (Fsp3) is 0.800. The Morgan fingerprint density at radius 2 is 1.89 bits per heavy atom. The topological polar surface area (TPSA) is 78.4 Å². The molecular weight excluding hydrogens is 253 g/mol. The van der Waals surface area contributed by atoms with Gasteiger partial charge in [0.15, 0.2) is 0 Å². The maximum atomic E-state index is 12.6. The molecule has 0 aromatic rings. The normalized spacial score (nSPS) is 19.1. The van der Waals surface area contributed by atoms with Gasteiger partial charge in [0.1, 0.15) is 0 Å². The number of halogens is 3. The van der Waals surface area contributed by atoms with Crippen LogP contribution >= 0.6 is 0 Å². The van der Waals surface area contributed by atoms with Gasteiger partial charge in [-0.3, -0.25) is 4.79 Å². The minimum atomic E-state index is -5.04. The Balaban J connectivity index is 2.49. The molecule has 0 aromatic carbocycles. The SMILES string of the molecule is CC(NC(=O)CCNC1CC1)(C(=O)O)C(F)(F)F. The van der Waals surface area contributed by atoms with Gasteiger partial charge in [-0.05, 0) is 19.8 Å². The van der Waals surface area contributed by atoms with E-state index in [0.717, 1.165) is 12.8 Å². The van der Waals surface area contributed by atoms with E-state index in [1.165, 1.54) is 5.32 Å². The van der Waals surface area contributed by atoms with Crippen LogP contribution in [0, 0.1) is 0 Å². The van der Waals surface area contributed by atoms with E-state index in [1.807, 2.05) is 0 Å². The second-order valence-electron chi connectivity index (χ2n) is 4.45. The minimum absolute atomic E-state index is 0.185. The van der Waals surface area contributed by atoms with Crippen LogP contribution in [0.1, 0.15) is 26.2 Å². The molecule has 5 nitrogen and oxygen atoms in total. The number of rotatable bonds is 6. The van der Waals surface area contributed by atoms with Gasteiger partial charge < -0.3 is 15.7 Å². The summed E-state index contributed by atoms with van der Waals surface area (Å²) in [6.45, 7) is 0.672. The number of nitrogens with one attached hydrogen (secondary N) is 2. The number of alkyl halides is 3. The summed E-state index contributed by atoms with van der Waals surface area (Å²) < 4.78 is 37.7. The molecule has 1 fully saturated rings. The molecule has 1 unspecified atom stereocenters. The summed E-state index contributed by atoms with van der Waals surface area (Å²) >= 11 is 0. The molecule has 0 heterocycles. The molecule has 0 bridgehead atoms. The highest BCUT2D eigenvalue weighted by Gasteiger charge is 2.58. The van der Waals surface area contributed by atoms with E-state index in [2.05, 4.69) is 5.32 Å². The highest BCUT2D eigenvalue weighted by atomic mass is 19.4. The van der Waals surface area contributed by atoms with E-state index >= 15 is 0 Å². The average Bonchev–Trinajstić information content (AvgIpc) is 2.99. The van der Waals surface area contributed by atoms with Crippen molar-refractivity contribution >= 4 is 11.9 Å². The molecule has 1 saturated carbocycles. The maximum Gasteiger partial charge on any atom is 0.422 e. The zero-order chi connectivity index (χ0) is 14.0. The van der Waals surface area contributed by atoms with E-state index < -0.39 is 23.6 Å². The van der Waals surface area contributed by atoms with Crippen LogP contribution in [0.2, 0.25) is 0 Å². The molecule has 104 valence electrons. The van der Waals surface area contributed by atoms with Crippen LogP contribution in [0.4, 0.5) is 13.2 Å². The van der Waals surface area contributed by atoms with Crippen molar-refractivity contribution in [3.63, 3.8) is 0 Å². The number of carbonyl (C=O) groups excluding carboxylic acids is 1. The van der Waals surface area contributed by atoms with Crippen LogP contribution in [-0.2, 0) is 9.59 Å². The quantitative estimate of drug-likeness (QED) is 0.661. The smallest absolute Gasteiger partial charge is 0.422 e. The van der Waals surface area contributed by atoms with Gasteiger partial charge >= 0.3 is 12.1 Å². The third-order valence-corrected chi connectivity index (χ3v) is 2.75. The number of carbonyl (C=O) groups is 2. The Morgan fingerprint density at radius 1 is 1.33 bits per heavy atom. The molecule has 1 rings (SSSR count). The number of amides is 1. The zero-order valence-electron chi connectivity index (χ0n) is 9.80. The van der Waals surface area contributed by atoms with Crippen LogP contribution in [0.25, 0.3) is 0 Å². The van der Waals surface area contributed by atoms with E-state index in [-0.39, 0.29) is 13.0 Å². The third kappa shape index (κ3) is 3.59. The first-order chi connectivity index (χ1) is 8.17. The molecule has 1 aliphatic rings. The van der Waals surface area contributed by atoms with Gasteiger partial charge in [-0.2, -0.15) is 13.2 Å². The molecule has 0 aromatic heterocycles. The summed E-state index contributed by atoms with van der Waals surface area (Å²) in [5.41, 5.74) is -3.25. The minimum Gasteiger partial charge on any atom is -0.479 e. The number of carboxylic acids is 1. The molecule has 0 aliphatic heterocycles. The van der Waals surface area contributed by atoms with Crippen LogP contribution in [0.15, 0.2) is 0 Å². The first-order valence-corrected chi connectivity index (χ1v) is 5.51. The summed E-state index contributed by atoms with van der Waals surface area (Å²) in [6, 6.07) is 0.339. The Morgan fingerprint density at radius 3 is 2.28 bits per heavy atom. The lowest BCUT2D eigenvalue weighted by atomic mass is 10.0. The highest BCUT2D eigenvalue weighted by Crippen LogP contribution is 2.30. The average molecular weight is 268 g/mol. The first-order valence-electron chi connectivity index (χ1n) is 5.51. The zero-order valence-corrected chi connectivity index (χ0v) is 9.80. The van der Waals surface area contributed by atoms with Crippen molar-refractivity contribution in [3.8, 4) is 0 Å². The van der Waals surface area contributed by atoms with Crippen LogP contribution < -0.4 is 10.6 Å². The first kappa shape index (κ1) is 14.7. The molecule has 0 spiro atoms. The van der Waals surface area contributed by atoms with Gasteiger partial charge in [0.2, 0.25) is 11.4 Å². The Bertz CT molecular complexity index is 342. The van der Waals surface area contributed by atoms with Gasteiger partial charge in [-0.15, -0.1) is 0 Å². The largest absolute Gasteiger partial charge is 0.479 e. The maximum absolute atomic E-state index is 12.6. The van der Waals surface area contributed by atoms with Crippen LogP contribution in [0.5, 0.6) is 0 Å². The van der Waals surface area contributed by atoms with Crippen molar-refractivity contribution in [1.82, 2.24) is 10.6 Å². The Hall–Kier alpha value is -1.31. The molecular formula is C10H15F3N2O3. The van der Waals surface area contributed by atoms with Crippen molar-refractivity contribution in [2.45, 2.75) is 43.9 Å². The van der Waals surface area contributed by atoms with Gasteiger partial charge in [-0.25, -0.2) is 4.79 Å². The summed E-state index contributed by atoms with van der Waals surface area (Å²) in [5, 5.41) is 13.1. The van der Waals surface area contributed by atoms with E-state index in [0.29, 0.717) is 13.0 Å². The standard InChI is InChI=1S/C10H15F3N2O3/c1-9(8(17)18,10(11,12)13)15-7(16)4-5-14-6-2-3-6/h6,14H,2-5H2,1H3,(H,15,16)(H,17,18). The van der Waals surface area contributed by atoms with Crippen LogP contribution in [0.3, 0.4) is 0 Å². The summed E-state index contributed by atoms with van der Waals surface area (Å²) in [7, 11) is 0. The number of hydrogen-bond acceptors (Lipinski definition) is 3.